The number of halogens is 1. The Balaban J connectivity index is 1.17. The molecule has 3 aliphatic heterocycles. The average Bonchev–Trinajstić information content (AvgIpc) is 3.78. The van der Waals surface area contributed by atoms with Crippen LogP contribution in [-0.4, -0.2) is 81.8 Å². The number of nitrogens with two attached hydrogens (primary N) is 1. The second-order valence-corrected chi connectivity index (χ2v) is 14.0. The molecule has 12 heteroatoms. The first-order valence-corrected chi connectivity index (χ1v) is 16.3. The third-order valence-corrected chi connectivity index (χ3v) is 11.5. The summed E-state index contributed by atoms with van der Waals surface area (Å²) in [5.74, 6) is 1.23. The van der Waals surface area contributed by atoms with Crippen LogP contribution in [0.2, 0.25) is 0 Å². The highest BCUT2D eigenvalue weighted by Crippen LogP contribution is 2.54. The molecule has 2 aliphatic carbocycles. The number of nitriles is 1. The van der Waals surface area contributed by atoms with Gasteiger partial charge in [-0.1, -0.05) is 11.2 Å². The number of pyridine rings is 1. The maximum absolute atomic E-state index is 14.3. The molecule has 46 heavy (non-hydrogen) atoms. The van der Waals surface area contributed by atoms with Gasteiger partial charge in [0.15, 0.2) is 11.3 Å². The zero-order valence-corrected chi connectivity index (χ0v) is 26.1. The standard InChI is InChI=1S/C34H37FN8O3/c1-18(25-10-20(35)14-42(25)2)45-32-30-26(43(17-38-30)27-13-39-34(27)15-44-16-34)11-24(40-32)29-21-4-3-8-33(31(21)46-41-29)9-7-19-5-6-23(37)22(12-36)28(19)33/h5-6,11,17-18,20,25,27,39H,3-4,7-10,13-16,37H2,1-2H3/t18-,20+,25-,27+,33-/m0/s1. The molecule has 3 aromatic heterocycles. The van der Waals surface area contributed by atoms with Crippen molar-refractivity contribution in [3.8, 4) is 23.3 Å². The van der Waals surface area contributed by atoms with E-state index in [1.807, 2.05) is 37.3 Å². The second-order valence-electron chi connectivity index (χ2n) is 14.0. The lowest BCUT2D eigenvalue weighted by molar-refractivity contribution is -0.136. The van der Waals surface area contributed by atoms with E-state index in [2.05, 4.69) is 27.2 Å². The van der Waals surface area contributed by atoms with Gasteiger partial charge in [0.2, 0.25) is 5.88 Å². The number of hydrogen-bond acceptors (Lipinski definition) is 10. The van der Waals surface area contributed by atoms with Crippen molar-refractivity contribution in [1.82, 2.24) is 29.9 Å². The minimum atomic E-state index is -0.877. The number of nitrogens with one attached hydrogen (secondary N) is 1. The number of rotatable bonds is 5. The van der Waals surface area contributed by atoms with E-state index >= 15 is 0 Å². The summed E-state index contributed by atoms with van der Waals surface area (Å²) in [4.78, 5) is 11.9. The predicted molar refractivity (Wildman–Crippen MR) is 167 cm³/mol. The maximum atomic E-state index is 14.3. The molecule has 0 amide bonds. The number of nitrogen functional groups attached to an aromatic ring is 1. The topological polar surface area (TPSA) is 140 Å². The Bertz CT molecular complexity index is 1920. The Labute approximate surface area is 265 Å². The number of benzene rings is 1. The van der Waals surface area contributed by atoms with Gasteiger partial charge in [0.25, 0.3) is 0 Å². The van der Waals surface area contributed by atoms with Gasteiger partial charge >= 0.3 is 0 Å². The Kier molecular flexibility index (Phi) is 6.11. The maximum Gasteiger partial charge on any atom is 0.243 e. The lowest BCUT2D eigenvalue weighted by Crippen LogP contribution is -2.75. The summed E-state index contributed by atoms with van der Waals surface area (Å²) in [7, 11) is 1.94. The minimum Gasteiger partial charge on any atom is -0.471 e. The zero-order valence-electron chi connectivity index (χ0n) is 26.1. The van der Waals surface area contributed by atoms with Crippen LogP contribution < -0.4 is 15.8 Å². The molecule has 5 atom stereocenters. The summed E-state index contributed by atoms with van der Waals surface area (Å²) in [6, 6.07) is 8.43. The molecule has 3 saturated heterocycles. The van der Waals surface area contributed by atoms with Crippen molar-refractivity contribution in [2.24, 2.45) is 0 Å². The van der Waals surface area contributed by atoms with Crippen molar-refractivity contribution in [3.63, 3.8) is 0 Å². The Morgan fingerprint density at radius 2 is 2.13 bits per heavy atom. The number of alkyl halides is 1. The average molecular weight is 625 g/mol. The number of imidazole rings is 1. The van der Waals surface area contributed by atoms with Crippen molar-refractivity contribution < 1.29 is 18.4 Å². The molecule has 1 aromatic carbocycles. The Hall–Kier alpha value is -4.05. The molecule has 0 bridgehead atoms. The monoisotopic (exact) mass is 624 g/mol. The zero-order chi connectivity index (χ0) is 31.4. The summed E-state index contributed by atoms with van der Waals surface area (Å²) in [6.45, 7) is 4.50. The van der Waals surface area contributed by atoms with Crippen LogP contribution in [0.1, 0.15) is 66.7 Å². The van der Waals surface area contributed by atoms with Crippen LogP contribution >= 0.6 is 0 Å². The molecule has 0 unspecified atom stereocenters. The Morgan fingerprint density at radius 1 is 1.26 bits per heavy atom. The molecular weight excluding hydrogens is 587 g/mol. The first-order valence-electron chi connectivity index (χ1n) is 16.3. The SMILES string of the molecule is C[C@H](Oc1nc(-c2noc3c2CCC[C@@]32CCc3ccc(N)c(C#N)c32)cc2c1ncn2[C@@H]1CNC12COC2)[C@@H]1C[C@@H](F)CN1C. The second kappa shape index (κ2) is 9.97. The van der Waals surface area contributed by atoms with Crippen molar-refractivity contribution in [1.29, 1.82) is 5.26 Å². The summed E-state index contributed by atoms with van der Waals surface area (Å²) in [6.07, 6.45) is 5.39. The van der Waals surface area contributed by atoms with Crippen LogP contribution in [0.15, 0.2) is 29.0 Å². The van der Waals surface area contributed by atoms with Gasteiger partial charge in [0.1, 0.15) is 24.0 Å². The molecule has 238 valence electrons. The van der Waals surface area contributed by atoms with E-state index in [4.69, 9.17) is 29.7 Å². The number of anilines is 1. The van der Waals surface area contributed by atoms with E-state index < -0.39 is 11.6 Å². The van der Waals surface area contributed by atoms with Gasteiger partial charge in [-0.15, -0.1) is 0 Å². The highest BCUT2D eigenvalue weighted by Gasteiger charge is 2.54. The summed E-state index contributed by atoms with van der Waals surface area (Å²) in [5, 5.41) is 18.4. The smallest absolute Gasteiger partial charge is 0.243 e. The van der Waals surface area contributed by atoms with Crippen molar-refractivity contribution in [3.05, 3.63) is 52.5 Å². The van der Waals surface area contributed by atoms with Gasteiger partial charge in [0, 0.05) is 30.4 Å². The minimum absolute atomic E-state index is 0.0762. The van der Waals surface area contributed by atoms with Crippen LogP contribution in [0.5, 0.6) is 5.88 Å². The largest absolute Gasteiger partial charge is 0.471 e. The van der Waals surface area contributed by atoms with Crippen LogP contribution in [0, 0.1) is 11.3 Å². The van der Waals surface area contributed by atoms with Crippen LogP contribution in [0.4, 0.5) is 10.1 Å². The van der Waals surface area contributed by atoms with E-state index in [1.165, 1.54) is 0 Å². The molecule has 4 aromatic rings. The van der Waals surface area contributed by atoms with E-state index in [9.17, 15) is 9.65 Å². The molecular formula is C34H37FN8O3. The summed E-state index contributed by atoms with van der Waals surface area (Å²) in [5.41, 5.74) is 12.9. The van der Waals surface area contributed by atoms with Gasteiger partial charge in [-0.05, 0) is 75.8 Å². The number of likely N-dealkylation sites (tertiary alicyclic amines) is 1. The number of ether oxygens (including phenoxy) is 2. The van der Waals surface area contributed by atoms with Crippen LogP contribution in [0.25, 0.3) is 22.4 Å². The first-order chi connectivity index (χ1) is 22.3. The third kappa shape index (κ3) is 3.82. The normalized spacial score (nSPS) is 28.5. The number of hydrogen-bond donors (Lipinski definition) is 2. The number of fused-ring (bicyclic) bond motifs is 5. The van der Waals surface area contributed by atoms with Gasteiger partial charge in [-0.3, -0.25) is 4.90 Å². The number of aromatic nitrogens is 4. The molecule has 3 N–H and O–H groups in total. The van der Waals surface area contributed by atoms with Gasteiger partial charge < -0.3 is 29.6 Å². The van der Waals surface area contributed by atoms with Gasteiger partial charge in [-0.25, -0.2) is 14.4 Å². The molecule has 9 rings (SSSR count). The lowest BCUT2D eigenvalue weighted by Gasteiger charge is -2.56. The van der Waals surface area contributed by atoms with Gasteiger partial charge in [-0.2, -0.15) is 5.26 Å². The van der Waals surface area contributed by atoms with Gasteiger partial charge in [0.05, 0.1) is 53.3 Å². The van der Waals surface area contributed by atoms with E-state index in [0.717, 1.165) is 66.6 Å². The number of nitrogens with zero attached hydrogens (tertiary/aromatic N) is 6. The fourth-order valence-electron chi connectivity index (χ4n) is 8.97. The van der Waals surface area contributed by atoms with Crippen molar-refractivity contribution >= 4 is 16.7 Å². The summed E-state index contributed by atoms with van der Waals surface area (Å²) < 4.78 is 35.0. The highest BCUT2D eigenvalue weighted by atomic mass is 19.1. The van der Waals surface area contributed by atoms with E-state index in [-0.39, 0.29) is 23.7 Å². The summed E-state index contributed by atoms with van der Waals surface area (Å²) >= 11 is 0. The molecule has 0 radical (unpaired) electrons. The predicted octanol–water partition coefficient (Wildman–Crippen LogP) is 3.83. The Morgan fingerprint density at radius 3 is 2.85 bits per heavy atom. The highest BCUT2D eigenvalue weighted by molar-refractivity contribution is 5.85. The quantitative estimate of drug-likeness (QED) is 0.315. The third-order valence-electron chi connectivity index (χ3n) is 11.5. The lowest BCUT2D eigenvalue weighted by atomic mass is 9.68. The van der Waals surface area contributed by atoms with Crippen LogP contribution in [-0.2, 0) is 23.0 Å². The fraction of sp³-hybridized carbons (Fsp3) is 0.529. The van der Waals surface area contributed by atoms with E-state index in [1.54, 1.807) is 0 Å². The molecule has 3 fully saturated rings. The molecule has 6 heterocycles. The van der Waals surface area contributed by atoms with Crippen LogP contribution in [0.3, 0.4) is 0 Å². The first kappa shape index (κ1) is 28.2. The van der Waals surface area contributed by atoms with E-state index in [0.29, 0.717) is 60.2 Å². The number of likely N-dealkylation sites (N-methyl/N-ethyl adjacent to an activating group) is 1. The molecule has 5 aliphatic rings. The van der Waals surface area contributed by atoms with Crippen molar-refractivity contribution in [2.45, 2.75) is 80.8 Å². The molecule has 11 nitrogen and oxygen atoms in total. The molecule has 2 spiro atoms. The molecule has 0 saturated carbocycles. The number of aryl methyl sites for hydroxylation is 1. The fourth-order valence-corrected chi connectivity index (χ4v) is 8.97. The van der Waals surface area contributed by atoms with Crippen molar-refractivity contribution in [2.75, 3.05) is 39.1 Å².